The van der Waals surface area contributed by atoms with Crippen molar-refractivity contribution in [2.45, 2.75) is 25.3 Å². The third-order valence-electron chi connectivity index (χ3n) is 4.28. The van der Waals surface area contributed by atoms with Gasteiger partial charge in [0.15, 0.2) is 5.69 Å². The summed E-state index contributed by atoms with van der Waals surface area (Å²) in [5.74, 6) is -0.139. The van der Waals surface area contributed by atoms with Crippen molar-refractivity contribution < 1.29 is 14.3 Å². The van der Waals surface area contributed by atoms with Crippen LogP contribution >= 0.6 is 0 Å². The maximum Gasteiger partial charge on any atom is 0.356 e. The first kappa shape index (κ1) is 11.6. The Hall–Kier alpha value is -2.17. The lowest BCUT2D eigenvalue weighted by atomic mass is 10.1. The van der Waals surface area contributed by atoms with Gasteiger partial charge in [-0.05, 0) is 36.5 Å². The molecule has 1 heterocycles. The summed E-state index contributed by atoms with van der Waals surface area (Å²) in [4.78, 5) is 11.3. The highest BCUT2D eigenvalue weighted by Gasteiger charge is 2.49. The normalized spacial score (nSPS) is 22.4. The molecular formula is C15H13FN2O2. The van der Waals surface area contributed by atoms with Gasteiger partial charge in [-0.15, -0.1) is 0 Å². The van der Waals surface area contributed by atoms with Crippen LogP contribution in [0.2, 0.25) is 0 Å². The Morgan fingerprint density at radius 2 is 2.15 bits per heavy atom. The molecule has 1 saturated carbocycles. The highest BCUT2D eigenvalue weighted by atomic mass is 19.1. The van der Waals surface area contributed by atoms with Crippen molar-refractivity contribution in [3.05, 3.63) is 52.6 Å². The van der Waals surface area contributed by atoms with E-state index in [4.69, 9.17) is 0 Å². The molecule has 0 bridgehead atoms. The predicted molar refractivity (Wildman–Crippen MR) is 69.2 cm³/mol. The van der Waals surface area contributed by atoms with E-state index in [9.17, 15) is 14.3 Å². The number of carbonyl (C=O) groups is 1. The zero-order valence-electron chi connectivity index (χ0n) is 10.7. The molecule has 0 spiro atoms. The van der Waals surface area contributed by atoms with Crippen molar-refractivity contribution in [3.8, 4) is 0 Å². The smallest absolute Gasteiger partial charge is 0.356 e. The van der Waals surface area contributed by atoms with Crippen LogP contribution in [0.3, 0.4) is 0 Å². The molecule has 4 rings (SSSR count). The average molecular weight is 272 g/mol. The van der Waals surface area contributed by atoms with Crippen molar-refractivity contribution in [1.29, 1.82) is 0 Å². The molecule has 4 nitrogen and oxygen atoms in total. The second-order valence-corrected chi connectivity index (χ2v) is 5.61. The van der Waals surface area contributed by atoms with Gasteiger partial charge < -0.3 is 5.11 Å². The SMILES string of the molecule is O=C(O)c1nn(Cc2ccc(F)cc2)c2c1C[C@H]1C[C@@H]21. The molecule has 0 saturated heterocycles. The first-order valence-corrected chi connectivity index (χ1v) is 6.71. The number of carboxylic acids is 1. The predicted octanol–water partition coefficient (Wildman–Crippen LogP) is 2.43. The minimum absolute atomic E-state index is 0.189. The Morgan fingerprint density at radius 1 is 1.40 bits per heavy atom. The van der Waals surface area contributed by atoms with Gasteiger partial charge in [-0.1, -0.05) is 12.1 Å². The van der Waals surface area contributed by atoms with E-state index in [1.165, 1.54) is 12.1 Å². The number of aromatic carboxylic acids is 1. The van der Waals surface area contributed by atoms with Gasteiger partial charge in [0.05, 0.1) is 6.54 Å². The van der Waals surface area contributed by atoms with Crippen LogP contribution in [-0.2, 0) is 13.0 Å². The zero-order chi connectivity index (χ0) is 13.9. The maximum absolute atomic E-state index is 12.9. The van der Waals surface area contributed by atoms with Crippen molar-refractivity contribution in [2.75, 3.05) is 0 Å². The van der Waals surface area contributed by atoms with Gasteiger partial charge in [0.1, 0.15) is 5.82 Å². The molecular weight excluding hydrogens is 259 g/mol. The third-order valence-corrected chi connectivity index (χ3v) is 4.28. The van der Waals surface area contributed by atoms with Gasteiger partial charge in [0.2, 0.25) is 0 Å². The van der Waals surface area contributed by atoms with Crippen molar-refractivity contribution >= 4 is 5.97 Å². The van der Waals surface area contributed by atoms with E-state index in [1.807, 2.05) is 0 Å². The molecule has 1 N–H and O–H groups in total. The van der Waals surface area contributed by atoms with Crippen LogP contribution in [0.1, 0.15) is 39.6 Å². The maximum atomic E-state index is 12.9. The van der Waals surface area contributed by atoms with E-state index in [2.05, 4.69) is 5.10 Å². The second-order valence-electron chi connectivity index (χ2n) is 5.61. The first-order chi connectivity index (χ1) is 9.63. The Morgan fingerprint density at radius 3 is 2.85 bits per heavy atom. The second kappa shape index (κ2) is 3.91. The topological polar surface area (TPSA) is 55.1 Å². The molecule has 0 radical (unpaired) electrons. The lowest BCUT2D eigenvalue weighted by molar-refractivity contribution is 0.0688. The van der Waals surface area contributed by atoms with E-state index in [-0.39, 0.29) is 11.5 Å². The Kier molecular flexibility index (Phi) is 2.28. The summed E-state index contributed by atoms with van der Waals surface area (Å²) in [5, 5.41) is 13.5. The standard InChI is InChI=1S/C15H13FN2O2/c16-10-3-1-8(2-4-10)7-18-14-11-5-9(11)6-12(14)13(17-18)15(19)20/h1-4,9,11H,5-7H2,(H,19,20)/t9-,11-/m1/s1. The fourth-order valence-corrected chi connectivity index (χ4v) is 3.25. The first-order valence-electron chi connectivity index (χ1n) is 6.71. The van der Waals surface area contributed by atoms with Crippen molar-refractivity contribution in [2.24, 2.45) is 5.92 Å². The fourth-order valence-electron chi connectivity index (χ4n) is 3.25. The van der Waals surface area contributed by atoms with E-state index >= 15 is 0 Å². The molecule has 1 fully saturated rings. The van der Waals surface area contributed by atoms with Gasteiger partial charge in [0, 0.05) is 17.2 Å². The van der Waals surface area contributed by atoms with Crippen LogP contribution in [0.25, 0.3) is 0 Å². The van der Waals surface area contributed by atoms with E-state index < -0.39 is 5.97 Å². The highest BCUT2D eigenvalue weighted by Crippen LogP contribution is 2.56. The van der Waals surface area contributed by atoms with Crippen LogP contribution < -0.4 is 0 Å². The molecule has 102 valence electrons. The molecule has 2 atom stereocenters. The monoisotopic (exact) mass is 272 g/mol. The number of halogens is 1. The molecule has 2 aliphatic rings. The summed E-state index contributed by atoms with van der Waals surface area (Å²) in [5.41, 5.74) is 3.10. The lowest BCUT2D eigenvalue weighted by Crippen LogP contribution is -2.07. The Balaban J connectivity index is 1.73. The van der Waals surface area contributed by atoms with E-state index in [0.717, 1.165) is 29.7 Å². The van der Waals surface area contributed by atoms with Crippen LogP contribution in [0.5, 0.6) is 0 Å². The zero-order valence-corrected chi connectivity index (χ0v) is 10.7. The van der Waals surface area contributed by atoms with Gasteiger partial charge in [-0.3, -0.25) is 4.68 Å². The molecule has 0 amide bonds. The van der Waals surface area contributed by atoms with E-state index in [1.54, 1.807) is 16.8 Å². The van der Waals surface area contributed by atoms with Crippen LogP contribution in [0.15, 0.2) is 24.3 Å². The fraction of sp³-hybridized carbons (Fsp3) is 0.333. The number of aromatic nitrogens is 2. The number of carboxylic acid groups (broad SMARTS) is 1. The molecule has 0 unspecified atom stereocenters. The summed E-state index contributed by atoms with van der Waals surface area (Å²) in [6.07, 6.45) is 1.98. The van der Waals surface area contributed by atoms with E-state index in [0.29, 0.717) is 18.4 Å². The summed E-state index contributed by atoms with van der Waals surface area (Å²) < 4.78 is 14.7. The molecule has 2 aromatic rings. The quantitative estimate of drug-likeness (QED) is 0.933. The number of benzene rings is 1. The summed E-state index contributed by atoms with van der Waals surface area (Å²) in [6, 6.07) is 6.25. The largest absolute Gasteiger partial charge is 0.476 e. The van der Waals surface area contributed by atoms with Crippen LogP contribution in [-0.4, -0.2) is 20.9 Å². The Bertz CT molecular complexity index is 705. The summed E-state index contributed by atoms with van der Waals surface area (Å²) in [7, 11) is 0. The van der Waals surface area contributed by atoms with Crippen molar-refractivity contribution in [1.82, 2.24) is 9.78 Å². The van der Waals surface area contributed by atoms with Gasteiger partial charge >= 0.3 is 5.97 Å². The minimum atomic E-state index is -0.958. The molecule has 2 aliphatic carbocycles. The summed E-state index contributed by atoms with van der Waals surface area (Å²) >= 11 is 0. The number of hydrogen-bond donors (Lipinski definition) is 1. The third kappa shape index (κ3) is 1.66. The average Bonchev–Trinajstić information content (AvgIpc) is 2.93. The molecule has 20 heavy (non-hydrogen) atoms. The van der Waals surface area contributed by atoms with Gasteiger partial charge in [0.25, 0.3) is 0 Å². The lowest BCUT2D eigenvalue weighted by Gasteiger charge is -2.06. The van der Waals surface area contributed by atoms with Gasteiger partial charge in [-0.2, -0.15) is 5.10 Å². The molecule has 1 aromatic carbocycles. The Labute approximate surface area is 114 Å². The number of fused-ring (bicyclic) bond motifs is 3. The van der Waals surface area contributed by atoms with Crippen LogP contribution in [0, 0.1) is 11.7 Å². The number of hydrogen-bond acceptors (Lipinski definition) is 2. The number of nitrogens with zero attached hydrogens (tertiary/aromatic N) is 2. The minimum Gasteiger partial charge on any atom is -0.476 e. The van der Waals surface area contributed by atoms with Crippen LogP contribution in [0.4, 0.5) is 4.39 Å². The molecule has 1 aromatic heterocycles. The summed E-state index contributed by atoms with van der Waals surface area (Å²) in [6.45, 7) is 0.499. The molecule has 5 heteroatoms. The molecule has 0 aliphatic heterocycles. The van der Waals surface area contributed by atoms with Gasteiger partial charge in [-0.25, -0.2) is 9.18 Å². The number of rotatable bonds is 3. The van der Waals surface area contributed by atoms with Crippen molar-refractivity contribution in [3.63, 3.8) is 0 Å². The highest BCUT2D eigenvalue weighted by molar-refractivity contribution is 5.88.